The first-order chi connectivity index (χ1) is 5.16. The Bertz CT molecular complexity index is 126. The van der Waals surface area contributed by atoms with Crippen molar-refractivity contribution in [3.05, 3.63) is 0 Å². The lowest BCUT2D eigenvalue weighted by molar-refractivity contribution is -0.170. The summed E-state index contributed by atoms with van der Waals surface area (Å²) in [5.74, 6) is -0.0622. The molecule has 1 aliphatic rings. The normalized spacial score (nSPS) is 45.8. The monoisotopic (exact) mass is 162 g/mol. The fraction of sp³-hybridized carbons (Fsp3) is 1.00. The van der Waals surface area contributed by atoms with Gasteiger partial charge in [-0.15, -0.1) is 0 Å². The first-order valence-electron chi connectivity index (χ1n) is 3.75. The summed E-state index contributed by atoms with van der Waals surface area (Å²) < 4.78 is 5.06. The Morgan fingerprint density at radius 2 is 2.00 bits per heavy atom. The van der Waals surface area contributed by atoms with Crippen LogP contribution in [0.15, 0.2) is 0 Å². The van der Waals surface area contributed by atoms with E-state index in [1.54, 1.807) is 6.92 Å². The molecule has 0 aromatic rings. The van der Waals surface area contributed by atoms with Crippen LogP contribution in [0.2, 0.25) is 0 Å². The molecule has 1 fully saturated rings. The van der Waals surface area contributed by atoms with Gasteiger partial charge >= 0.3 is 0 Å². The minimum atomic E-state index is -0.955. The predicted octanol–water partition coefficient (Wildman–Crippen LogP) is -1.26. The highest BCUT2D eigenvalue weighted by Crippen LogP contribution is 2.19. The van der Waals surface area contributed by atoms with Crippen LogP contribution in [0.1, 0.15) is 6.92 Å². The maximum atomic E-state index is 9.31. The zero-order valence-electron chi connectivity index (χ0n) is 6.47. The Morgan fingerprint density at radius 3 is 2.55 bits per heavy atom. The minimum Gasteiger partial charge on any atom is -0.394 e. The third kappa shape index (κ3) is 1.70. The number of hydrogen-bond donors (Lipinski definition) is 3. The van der Waals surface area contributed by atoms with Crippen LogP contribution in [0.3, 0.4) is 0 Å². The van der Waals surface area contributed by atoms with Gasteiger partial charge in [0.05, 0.1) is 19.3 Å². The van der Waals surface area contributed by atoms with Gasteiger partial charge in [-0.1, -0.05) is 6.92 Å². The van der Waals surface area contributed by atoms with E-state index in [9.17, 15) is 10.2 Å². The molecule has 1 saturated heterocycles. The van der Waals surface area contributed by atoms with E-state index in [0.29, 0.717) is 6.61 Å². The first kappa shape index (κ1) is 8.93. The summed E-state index contributed by atoms with van der Waals surface area (Å²) in [7, 11) is 0. The Balaban J connectivity index is 2.52. The van der Waals surface area contributed by atoms with Gasteiger partial charge in [0.1, 0.15) is 12.2 Å². The summed E-state index contributed by atoms with van der Waals surface area (Å²) in [6, 6.07) is 0. The van der Waals surface area contributed by atoms with Crippen LogP contribution >= 0.6 is 0 Å². The van der Waals surface area contributed by atoms with Crippen molar-refractivity contribution in [1.29, 1.82) is 0 Å². The fourth-order valence-electron chi connectivity index (χ4n) is 1.19. The highest BCUT2D eigenvalue weighted by Gasteiger charge is 2.35. The molecule has 0 saturated carbocycles. The van der Waals surface area contributed by atoms with E-state index in [-0.39, 0.29) is 12.5 Å². The van der Waals surface area contributed by atoms with Crippen molar-refractivity contribution >= 4 is 0 Å². The second-order valence-corrected chi connectivity index (χ2v) is 3.01. The molecule has 11 heavy (non-hydrogen) atoms. The van der Waals surface area contributed by atoms with E-state index in [1.165, 1.54) is 0 Å². The summed E-state index contributed by atoms with van der Waals surface area (Å²) in [6.07, 6.45) is -2.36. The predicted molar refractivity (Wildman–Crippen MR) is 38.0 cm³/mol. The van der Waals surface area contributed by atoms with E-state index in [0.717, 1.165) is 0 Å². The number of hydrogen-bond acceptors (Lipinski definition) is 4. The van der Waals surface area contributed by atoms with E-state index < -0.39 is 18.3 Å². The number of rotatable bonds is 1. The van der Waals surface area contributed by atoms with Gasteiger partial charge in [0.25, 0.3) is 0 Å². The lowest BCUT2D eigenvalue weighted by Crippen LogP contribution is -2.50. The van der Waals surface area contributed by atoms with E-state index in [4.69, 9.17) is 9.84 Å². The van der Waals surface area contributed by atoms with Crippen LogP contribution in [0, 0.1) is 5.92 Å². The average molecular weight is 162 g/mol. The van der Waals surface area contributed by atoms with Crippen LogP contribution in [0.25, 0.3) is 0 Å². The zero-order chi connectivity index (χ0) is 8.43. The Hall–Kier alpha value is -0.160. The lowest BCUT2D eigenvalue weighted by atomic mass is 9.94. The fourth-order valence-corrected chi connectivity index (χ4v) is 1.19. The van der Waals surface area contributed by atoms with Crippen LogP contribution in [0.4, 0.5) is 0 Å². The molecule has 1 aliphatic heterocycles. The van der Waals surface area contributed by atoms with Gasteiger partial charge in [-0.25, -0.2) is 0 Å². The zero-order valence-corrected chi connectivity index (χ0v) is 6.47. The first-order valence-corrected chi connectivity index (χ1v) is 3.75. The summed E-state index contributed by atoms with van der Waals surface area (Å²) >= 11 is 0. The topological polar surface area (TPSA) is 69.9 Å². The standard InChI is InChI=1S/C7H14O4/c1-4-3-11-5(2-8)7(10)6(4)9/h4-10H,2-3H2,1H3/t4-,5+,6+,7+/m0/s1. The minimum absolute atomic E-state index is 0.0622. The van der Waals surface area contributed by atoms with Gasteiger partial charge in [0.15, 0.2) is 0 Å². The van der Waals surface area contributed by atoms with Crippen molar-refractivity contribution in [2.24, 2.45) is 5.92 Å². The van der Waals surface area contributed by atoms with Crippen molar-refractivity contribution in [1.82, 2.24) is 0 Å². The smallest absolute Gasteiger partial charge is 0.109 e. The molecule has 1 heterocycles. The second kappa shape index (κ2) is 3.49. The summed E-state index contributed by atoms with van der Waals surface area (Å²) in [5, 5.41) is 27.2. The molecule has 0 aromatic heterocycles. The molecule has 4 heteroatoms. The maximum absolute atomic E-state index is 9.31. The third-order valence-electron chi connectivity index (χ3n) is 2.07. The molecule has 4 atom stereocenters. The van der Waals surface area contributed by atoms with Crippen LogP contribution in [-0.4, -0.2) is 46.8 Å². The van der Waals surface area contributed by atoms with E-state index >= 15 is 0 Å². The molecule has 0 radical (unpaired) electrons. The van der Waals surface area contributed by atoms with Gasteiger partial charge < -0.3 is 20.1 Å². The number of aliphatic hydroxyl groups is 3. The quantitative estimate of drug-likeness (QED) is 0.450. The Morgan fingerprint density at radius 1 is 1.36 bits per heavy atom. The number of aliphatic hydroxyl groups excluding tert-OH is 3. The van der Waals surface area contributed by atoms with Gasteiger partial charge in [0.2, 0.25) is 0 Å². The summed E-state index contributed by atoms with van der Waals surface area (Å²) in [5.41, 5.74) is 0. The summed E-state index contributed by atoms with van der Waals surface area (Å²) in [4.78, 5) is 0. The van der Waals surface area contributed by atoms with Crippen LogP contribution in [-0.2, 0) is 4.74 Å². The molecular weight excluding hydrogens is 148 g/mol. The van der Waals surface area contributed by atoms with E-state index in [1.807, 2.05) is 0 Å². The molecule has 0 aromatic carbocycles. The molecule has 0 spiro atoms. The molecule has 0 amide bonds. The van der Waals surface area contributed by atoms with Crippen molar-refractivity contribution in [3.8, 4) is 0 Å². The third-order valence-corrected chi connectivity index (χ3v) is 2.07. The van der Waals surface area contributed by atoms with Crippen LogP contribution in [0.5, 0.6) is 0 Å². The Kier molecular flexibility index (Phi) is 2.84. The lowest BCUT2D eigenvalue weighted by Gasteiger charge is -2.35. The van der Waals surface area contributed by atoms with Crippen molar-refractivity contribution in [3.63, 3.8) is 0 Å². The van der Waals surface area contributed by atoms with Crippen molar-refractivity contribution < 1.29 is 20.1 Å². The number of ether oxygens (including phenoxy) is 1. The van der Waals surface area contributed by atoms with Gasteiger partial charge in [-0.2, -0.15) is 0 Å². The average Bonchev–Trinajstić information content (AvgIpc) is 2.01. The van der Waals surface area contributed by atoms with Gasteiger partial charge in [0, 0.05) is 5.92 Å². The van der Waals surface area contributed by atoms with E-state index in [2.05, 4.69) is 0 Å². The molecule has 0 unspecified atom stereocenters. The SMILES string of the molecule is C[C@H]1CO[C@H](CO)[C@@H](O)[C@@H]1O. The molecule has 4 nitrogen and oxygen atoms in total. The Labute approximate surface area is 65.4 Å². The summed E-state index contributed by atoms with van der Waals surface area (Å²) in [6.45, 7) is 1.94. The molecule has 3 N–H and O–H groups in total. The van der Waals surface area contributed by atoms with Crippen LogP contribution < -0.4 is 0 Å². The van der Waals surface area contributed by atoms with Crippen molar-refractivity contribution in [2.45, 2.75) is 25.2 Å². The highest BCUT2D eigenvalue weighted by atomic mass is 16.5. The molecule has 66 valence electrons. The maximum Gasteiger partial charge on any atom is 0.109 e. The largest absolute Gasteiger partial charge is 0.394 e. The highest BCUT2D eigenvalue weighted by molar-refractivity contribution is 4.84. The molecule has 0 aliphatic carbocycles. The van der Waals surface area contributed by atoms with Gasteiger partial charge in [-0.3, -0.25) is 0 Å². The molecular formula is C7H14O4. The second-order valence-electron chi connectivity index (χ2n) is 3.01. The van der Waals surface area contributed by atoms with Crippen molar-refractivity contribution in [2.75, 3.05) is 13.2 Å². The molecule has 0 bridgehead atoms. The molecule has 1 rings (SSSR count). The van der Waals surface area contributed by atoms with Gasteiger partial charge in [-0.05, 0) is 0 Å².